The summed E-state index contributed by atoms with van der Waals surface area (Å²) in [5, 5.41) is 7.01. The molecule has 1 aliphatic heterocycles. The van der Waals surface area contributed by atoms with Gasteiger partial charge in [-0.15, -0.1) is 11.3 Å². The summed E-state index contributed by atoms with van der Waals surface area (Å²) in [5.74, 6) is 0.429. The van der Waals surface area contributed by atoms with E-state index in [-0.39, 0.29) is 25.3 Å². The van der Waals surface area contributed by atoms with E-state index in [0.717, 1.165) is 30.3 Å². The average Bonchev–Trinajstić information content (AvgIpc) is 3.41. The highest BCUT2D eigenvalue weighted by Crippen LogP contribution is 2.37. The number of rotatable bonds is 9. The highest BCUT2D eigenvalue weighted by Gasteiger charge is 2.22. The molecule has 34 heavy (non-hydrogen) atoms. The van der Waals surface area contributed by atoms with Gasteiger partial charge in [0, 0.05) is 19.0 Å². The lowest BCUT2D eigenvalue weighted by atomic mass is 10.2. The summed E-state index contributed by atoms with van der Waals surface area (Å²) in [5.41, 5.74) is 1.39. The number of aromatic nitrogens is 2. The van der Waals surface area contributed by atoms with Gasteiger partial charge in [-0.3, -0.25) is 4.79 Å². The van der Waals surface area contributed by atoms with Crippen LogP contribution in [-0.4, -0.2) is 67.3 Å². The van der Waals surface area contributed by atoms with Crippen LogP contribution in [0.4, 0.5) is 15.9 Å². The lowest BCUT2D eigenvalue weighted by molar-refractivity contribution is 0.0956. The van der Waals surface area contributed by atoms with Crippen molar-refractivity contribution in [1.82, 2.24) is 20.2 Å². The van der Waals surface area contributed by atoms with E-state index in [9.17, 15) is 9.18 Å². The van der Waals surface area contributed by atoms with Crippen molar-refractivity contribution in [2.45, 2.75) is 33.3 Å². The number of ether oxygens (including phenoxy) is 2. The molecule has 0 radical (unpaired) electrons. The topological polar surface area (TPSA) is 88.6 Å². The van der Waals surface area contributed by atoms with Crippen LogP contribution in [0, 0.1) is 12.7 Å². The highest BCUT2D eigenvalue weighted by molar-refractivity contribution is 7.20. The molecular formula is C24H32FN5O3S. The number of thiophene rings is 1. The zero-order valence-electron chi connectivity index (χ0n) is 19.0. The molecule has 8 nitrogen and oxygen atoms in total. The van der Waals surface area contributed by atoms with Crippen molar-refractivity contribution in [3.8, 4) is 5.75 Å². The molecule has 184 valence electrons. The number of carbonyl (C=O) groups is 1. The van der Waals surface area contributed by atoms with Gasteiger partial charge in [0.2, 0.25) is 0 Å². The summed E-state index contributed by atoms with van der Waals surface area (Å²) in [4.78, 5) is 24.9. The molecule has 1 fully saturated rings. The summed E-state index contributed by atoms with van der Waals surface area (Å²) in [6, 6.07) is 4.34. The van der Waals surface area contributed by atoms with Crippen molar-refractivity contribution < 1.29 is 18.7 Å². The molecule has 3 aromatic rings. The van der Waals surface area contributed by atoms with Gasteiger partial charge in [0.05, 0.1) is 29.2 Å². The SMILES string of the molecule is C.Cc1c(C(=O)NCCCN(C)C)sc2ncnc(Nc3ccc(F)cc3O[C@@H]3CCOC3)c12. The zero-order chi connectivity index (χ0) is 23.4. The van der Waals surface area contributed by atoms with Crippen molar-refractivity contribution in [3.05, 3.63) is 40.8 Å². The Kier molecular flexibility index (Phi) is 8.76. The van der Waals surface area contributed by atoms with Gasteiger partial charge < -0.3 is 25.0 Å². The molecule has 1 saturated heterocycles. The summed E-state index contributed by atoms with van der Waals surface area (Å²) in [6.07, 6.45) is 2.95. The van der Waals surface area contributed by atoms with E-state index >= 15 is 0 Å². The van der Waals surface area contributed by atoms with Gasteiger partial charge in [-0.2, -0.15) is 0 Å². The Balaban J connectivity index is 0.00000324. The Morgan fingerprint density at radius 3 is 2.91 bits per heavy atom. The second-order valence-electron chi connectivity index (χ2n) is 8.24. The Labute approximate surface area is 203 Å². The predicted octanol–water partition coefficient (Wildman–Crippen LogP) is 4.37. The third-order valence-corrected chi connectivity index (χ3v) is 6.58. The Morgan fingerprint density at radius 2 is 2.18 bits per heavy atom. The van der Waals surface area contributed by atoms with Crippen molar-refractivity contribution in [2.75, 3.05) is 45.7 Å². The molecule has 1 aliphatic rings. The summed E-state index contributed by atoms with van der Waals surface area (Å²) in [7, 11) is 4.01. The number of benzene rings is 1. The minimum absolute atomic E-state index is 0. The van der Waals surface area contributed by atoms with E-state index < -0.39 is 0 Å². The molecule has 0 unspecified atom stereocenters. The fourth-order valence-corrected chi connectivity index (χ4v) is 4.74. The van der Waals surface area contributed by atoms with Gasteiger partial charge in [0.1, 0.15) is 34.6 Å². The Bertz CT molecular complexity index is 1130. The number of hydrogen-bond acceptors (Lipinski definition) is 8. The van der Waals surface area contributed by atoms with E-state index in [1.54, 1.807) is 6.07 Å². The lowest BCUT2D eigenvalue weighted by Gasteiger charge is -2.17. The minimum Gasteiger partial charge on any atom is -0.486 e. The highest BCUT2D eigenvalue weighted by atomic mass is 32.1. The average molecular weight is 490 g/mol. The summed E-state index contributed by atoms with van der Waals surface area (Å²) >= 11 is 1.33. The molecule has 2 N–H and O–H groups in total. The fourth-order valence-electron chi connectivity index (χ4n) is 3.67. The maximum atomic E-state index is 13.9. The van der Waals surface area contributed by atoms with Crippen LogP contribution < -0.4 is 15.4 Å². The summed E-state index contributed by atoms with van der Waals surface area (Å²) in [6.45, 7) is 4.50. The molecule has 1 amide bonds. The number of carbonyl (C=O) groups excluding carboxylic acids is 1. The number of fused-ring (bicyclic) bond motifs is 1. The van der Waals surface area contributed by atoms with Crippen LogP contribution in [-0.2, 0) is 4.74 Å². The molecule has 1 atom stereocenters. The first kappa shape index (κ1) is 25.8. The number of halogens is 1. The third kappa shape index (κ3) is 5.99. The van der Waals surface area contributed by atoms with Crippen molar-refractivity contribution >= 4 is 39.0 Å². The number of amides is 1. The number of hydrogen-bond donors (Lipinski definition) is 2. The van der Waals surface area contributed by atoms with Crippen molar-refractivity contribution in [2.24, 2.45) is 0 Å². The van der Waals surface area contributed by atoms with Gasteiger partial charge in [-0.05, 0) is 51.7 Å². The molecule has 0 saturated carbocycles. The molecule has 3 heterocycles. The molecule has 1 aromatic carbocycles. The number of aryl methyl sites for hydroxylation is 1. The maximum absolute atomic E-state index is 13.9. The van der Waals surface area contributed by atoms with Crippen molar-refractivity contribution in [3.63, 3.8) is 0 Å². The van der Waals surface area contributed by atoms with E-state index in [2.05, 4.69) is 25.5 Å². The molecule has 10 heteroatoms. The lowest BCUT2D eigenvalue weighted by Crippen LogP contribution is -2.26. The zero-order valence-corrected chi connectivity index (χ0v) is 19.8. The molecule has 2 aromatic heterocycles. The van der Waals surface area contributed by atoms with Crippen LogP contribution in [0.2, 0.25) is 0 Å². The molecule has 0 spiro atoms. The maximum Gasteiger partial charge on any atom is 0.261 e. The van der Waals surface area contributed by atoms with E-state index in [0.29, 0.717) is 46.7 Å². The first-order chi connectivity index (χ1) is 15.9. The quantitative estimate of drug-likeness (QED) is 0.432. The van der Waals surface area contributed by atoms with Crippen LogP contribution in [0.5, 0.6) is 5.75 Å². The largest absolute Gasteiger partial charge is 0.486 e. The van der Waals surface area contributed by atoms with Crippen LogP contribution in [0.1, 0.15) is 35.5 Å². The molecular weight excluding hydrogens is 457 g/mol. The Hall–Kier alpha value is -2.82. The second-order valence-corrected chi connectivity index (χ2v) is 9.24. The van der Waals surface area contributed by atoms with Gasteiger partial charge in [0.15, 0.2) is 0 Å². The van der Waals surface area contributed by atoms with E-state index in [1.807, 2.05) is 21.0 Å². The van der Waals surface area contributed by atoms with Gasteiger partial charge in [-0.1, -0.05) is 7.43 Å². The summed E-state index contributed by atoms with van der Waals surface area (Å²) < 4.78 is 25.3. The van der Waals surface area contributed by atoms with Gasteiger partial charge in [0.25, 0.3) is 5.91 Å². The number of nitrogens with zero attached hydrogens (tertiary/aromatic N) is 3. The van der Waals surface area contributed by atoms with Crippen LogP contribution in [0.3, 0.4) is 0 Å². The van der Waals surface area contributed by atoms with E-state index in [4.69, 9.17) is 9.47 Å². The molecule has 0 bridgehead atoms. The normalized spacial score (nSPS) is 15.4. The van der Waals surface area contributed by atoms with E-state index in [1.165, 1.54) is 29.8 Å². The van der Waals surface area contributed by atoms with Crippen LogP contribution in [0.25, 0.3) is 10.2 Å². The predicted molar refractivity (Wildman–Crippen MR) is 134 cm³/mol. The second kappa shape index (κ2) is 11.5. The molecule has 0 aliphatic carbocycles. The number of anilines is 2. The first-order valence-electron chi connectivity index (χ1n) is 10.9. The smallest absolute Gasteiger partial charge is 0.261 e. The van der Waals surface area contributed by atoms with Crippen molar-refractivity contribution in [1.29, 1.82) is 0 Å². The standard InChI is InChI=1S/C23H28FN5O3S.CH4/c1-14-19-21(28-17-6-5-15(24)11-18(17)32-16-7-10-31-12-16)26-13-27-23(19)33-20(14)22(30)25-8-4-9-29(2)3;/h5-6,11,13,16H,4,7-10,12H2,1-3H3,(H,25,30)(H,26,27,28);1H4/t16-;/m1./s1. The van der Waals surface area contributed by atoms with Gasteiger partial charge in [-0.25, -0.2) is 14.4 Å². The third-order valence-electron chi connectivity index (χ3n) is 5.38. The number of nitrogens with one attached hydrogen (secondary N) is 2. The van der Waals surface area contributed by atoms with Crippen LogP contribution >= 0.6 is 11.3 Å². The Morgan fingerprint density at radius 1 is 1.35 bits per heavy atom. The molecule has 4 rings (SSSR count). The first-order valence-corrected chi connectivity index (χ1v) is 11.7. The monoisotopic (exact) mass is 489 g/mol. The van der Waals surface area contributed by atoms with Crippen LogP contribution in [0.15, 0.2) is 24.5 Å². The minimum atomic E-state index is -0.387. The van der Waals surface area contributed by atoms with Gasteiger partial charge >= 0.3 is 0 Å². The fraction of sp³-hybridized carbons (Fsp3) is 0.458.